The number of nitrogens with zero attached hydrogens (tertiary/aromatic N) is 1. The molecule has 0 bridgehead atoms. The Kier molecular flexibility index (Phi) is 11.9. The molecule has 2 rings (SSSR count). The molecule has 0 aliphatic heterocycles. The van der Waals surface area contributed by atoms with Gasteiger partial charge < -0.3 is 34.7 Å². The van der Waals surface area contributed by atoms with E-state index in [-0.39, 0.29) is 24.0 Å². The first-order valence-electron chi connectivity index (χ1n) is 9.69. The van der Waals surface area contributed by atoms with Gasteiger partial charge in [0.2, 0.25) is 5.75 Å². The number of hydrogen-bond acceptors (Lipinski definition) is 6. The number of aliphatic imine (C=N–C) groups is 1. The van der Waals surface area contributed by atoms with Crippen LogP contribution in [0.2, 0.25) is 0 Å². The smallest absolute Gasteiger partial charge is 0.203 e. The van der Waals surface area contributed by atoms with Gasteiger partial charge in [-0.3, -0.25) is 0 Å². The third-order valence-corrected chi connectivity index (χ3v) is 4.43. The second-order valence-electron chi connectivity index (χ2n) is 6.40. The fourth-order valence-corrected chi connectivity index (χ4v) is 2.90. The van der Waals surface area contributed by atoms with E-state index in [1.54, 1.807) is 28.4 Å². The van der Waals surface area contributed by atoms with E-state index in [4.69, 9.17) is 18.9 Å². The molecular formula is C22H32IN3O5. The van der Waals surface area contributed by atoms with Crippen molar-refractivity contribution in [3.05, 3.63) is 47.5 Å². The van der Waals surface area contributed by atoms with E-state index < -0.39 is 6.10 Å². The van der Waals surface area contributed by atoms with Gasteiger partial charge >= 0.3 is 0 Å². The van der Waals surface area contributed by atoms with Crippen molar-refractivity contribution in [3.8, 4) is 23.0 Å². The molecule has 0 spiro atoms. The molecule has 0 fully saturated rings. The molecule has 0 saturated carbocycles. The molecule has 0 aromatic heterocycles. The summed E-state index contributed by atoms with van der Waals surface area (Å²) in [6.45, 7) is 3.36. The van der Waals surface area contributed by atoms with Crippen molar-refractivity contribution in [2.45, 2.75) is 19.6 Å². The lowest BCUT2D eigenvalue weighted by molar-refractivity contribution is 0.180. The monoisotopic (exact) mass is 545 g/mol. The molecule has 8 nitrogen and oxygen atoms in total. The Morgan fingerprint density at radius 3 is 2.19 bits per heavy atom. The summed E-state index contributed by atoms with van der Waals surface area (Å²) >= 11 is 0. The highest BCUT2D eigenvalue weighted by Gasteiger charge is 2.13. The zero-order chi connectivity index (χ0) is 21.9. The fraction of sp³-hybridized carbons (Fsp3) is 0.409. The van der Waals surface area contributed by atoms with Crippen LogP contribution in [0.4, 0.5) is 0 Å². The van der Waals surface area contributed by atoms with Gasteiger partial charge in [0.05, 0.1) is 41.1 Å². The van der Waals surface area contributed by atoms with Crippen LogP contribution in [0, 0.1) is 0 Å². The van der Waals surface area contributed by atoms with Gasteiger partial charge in [-0.25, -0.2) is 4.99 Å². The summed E-state index contributed by atoms with van der Waals surface area (Å²) in [4.78, 5) is 4.60. The van der Waals surface area contributed by atoms with Crippen molar-refractivity contribution >= 4 is 29.9 Å². The van der Waals surface area contributed by atoms with Gasteiger partial charge in [0.1, 0.15) is 5.75 Å². The zero-order valence-electron chi connectivity index (χ0n) is 18.6. The van der Waals surface area contributed by atoms with Gasteiger partial charge in [-0.2, -0.15) is 0 Å². The minimum Gasteiger partial charge on any atom is -0.497 e. The van der Waals surface area contributed by atoms with Crippen LogP contribution in [0.15, 0.2) is 41.4 Å². The van der Waals surface area contributed by atoms with Crippen molar-refractivity contribution in [1.29, 1.82) is 0 Å². The van der Waals surface area contributed by atoms with Gasteiger partial charge in [0, 0.05) is 13.1 Å². The summed E-state index contributed by atoms with van der Waals surface area (Å²) in [5.74, 6) is 2.99. The summed E-state index contributed by atoms with van der Waals surface area (Å²) in [7, 11) is 6.33. The summed E-state index contributed by atoms with van der Waals surface area (Å²) < 4.78 is 21.4. The van der Waals surface area contributed by atoms with Crippen molar-refractivity contribution in [2.24, 2.45) is 4.99 Å². The maximum atomic E-state index is 10.5. The highest BCUT2D eigenvalue weighted by molar-refractivity contribution is 14.0. The molecule has 0 saturated heterocycles. The number of methoxy groups -OCH3 is 4. The van der Waals surface area contributed by atoms with Crippen LogP contribution >= 0.6 is 24.0 Å². The molecule has 0 radical (unpaired) electrons. The Bertz CT molecular complexity index is 823. The quantitative estimate of drug-likeness (QED) is 0.240. The molecule has 0 aliphatic carbocycles. The largest absolute Gasteiger partial charge is 0.497 e. The van der Waals surface area contributed by atoms with Crippen LogP contribution in [-0.4, -0.2) is 52.6 Å². The number of aliphatic hydroxyl groups is 1. The maximum Gasteiger partial charge on any atom is 0.203 e. The molecule has 1 unspecified atom stereocenters. The molecule has 9 heteroatoms. The van der Waals surface area contributed by atoms with E-state index in [0.717, 1.165) is 11.1 Å². The molecule has 3 N–H and O–H groups in total. The van der Waals surface area contributed by atoms with Gasteiger partial charge in [0.25, 0.3) is 0 Å². The number of halogens is 1. The van der Waals surface area contributed by atoms with Crippen LogP contribution in [0.5, 0.6) is 23.0 Å². The molecule has 0 amide bonds. The minimum absolute atomic E-state index is 0. The van der Waals surface area contributed by atoms with Crippen LogP contribution in [0.25, 0.3) is 0 Å². The number of aliphatic hydroxyl groups excluding tert-OH is 1. The topological polar surface area (TPSA) is 93.6 Å². The summed E-state index contributed by atoms with van der Waals surface area (Å²) in [6, 6.07) is 11.1. The normalized spacial score (nSPS) is 11.7. The van der Waals surface area contributed by atoms with E-state index in [9.17, 15) is 5.11 Å². The number of rotatable bonds is 10. The van der Waals surface area contributed by atoms with Gasteiger partial charge in [-0.15, -0.1) is 24.0 Å². The predicted molar refractivity (Wildman–Crippen MR) is 132 cm³/mol. The lowest BCUT2D eigenvalue weighted by Gasteiger charge is -2.16. The lowest BCUT2D eigenvalue weighted by atomic mass is 10.1. The number of nitrogens with one attached hydrogen (secondary N) is 2. The molecule has 1 atom stereocenters. The van der Waals surface area contributed by atoms with Crippen LogP contribution in [0.1, 0.15) is 24.2 Å². The maximum absolute atomic E-state index is 10.5. The first kappa shape index (κ1) is 26.6. The van der Waals surface area contributed by atoms with E-state index in [0.29, 0.717) is 48.6 Å². The van der Waals surface area contributed by atoms with Crippen LogP contribution in [-0.2, 0) is 6.54 Å². The average Bonchev–Trinajstić information content (AvgIpc) is 2.79. The molecule has 2 aromatic rings. The second kappa shape index (κ2) is 13.8. The second-order valence-corrected chi connectivity index (χ2v) is 6.40. The summed E-state index contributed by atoms with van der Waals surface area (Å²) in [5.41, 5.74) is 1.66. The van der Waals surface area contributed by atoms with Crippen LogP contribution < -0.4 is 29.6 Å². The lowest BCUT2D eigenvalue weighted by Crippen LogP contribution is -2.39. The van der Waals surface area contributed by atoms with Crippen molar-refractivity contribution < 1.29 is 24.1 Å². The molecule has 2 aromatic carbocycles. The van der Waals surface area contributed by atoms with E-state index in [2.05, 4.69) is 15.6 Å². The summed E-state index contributed by atoms with van der Waals surface area (Å²) in [6.07, 6.45) is -0.704. The molecule has 31 heavy (non-hydrogen) atoms. The van der Waals surface area contributed by atoms with Gasteiger partial charge in [-0.05, 0) is 42.3 Å². The number of hydrogen-bond donors (Lipinski definition) is 3. The molecule has 0 heterocycles. The standard InChI is InChI=1S/C22H31N3O5.HI/c1-6-23-22(25-14-18(26)16-8-7-9-17(12-16)27-2)24-13-15-10-19(28-3)21(30-5)20(11-15)29-4;/h7-12,18,26H,6,13-14H2,1-5H3,(H2,23,24,25);1H. The third kappa shape index (κ3) is 7.66. The van der Waals surface area contributed by atoms with Crippen molar-refractivity contribution in [2.75, 3.05) is 41.5 Å². The Balaban J connectivity index is 0.00000480. The Morgan fingerprint density at radius 2 is 1.65 bits per heavy atom. The first-order valence-corrected chi connectivity index (χ1v) is 9.69. The molecular weight excluding hydrogens is 513 g/mol. The van der Waals surface area contributed by atoms with Crippen molar-refractivity contribution in [3.63, 3.8) is 0 Å². The van der Waals surface area contributed by atoms with Gasteiger partial charge in [-0.1, -0.05) is 12.1 Å². The fourth-order valence-electron chi connectivity index (χ4n) is 2.90. The number of guanidine groups is 1. The first-order chi connectivity index (χ1) is 14.6. The predicted octanol–water partition coefficient (Wildman–Crippen LogP) is 3.13. The highest BCUT2D eigenvalue weighted by Crippen LogP contribution is 2.38. The van der Waals surface area contributed by atoms with Crippen molar-refractivity contribution in [1.82, 2.24) is 10.6 Å². The van der Waals surface area contributed by atoms with E-state index >= 15 is 0 Å². The third-order valence-electron chi connectivity index (χ3n) is 4.43. The average molecular weight is 545 g/mol. The van der Waals surface area contributed by atoms with E-state index in [1.165, 1.54) is 0 Å². The van der Waals surface area contributed by atoms with Gasteiger partial charge in [0.15, 0.2) is 17.5 Å². The zero-order valence-corrected chi connectivity index (χ0v) is 20.9. The Morgan fingerprint density at radius 1 is 0.968 bits per heavy atom. The van der Waals surface area contributed by atoms with E-state index in [1.807, 2.05) is 43.3 Å². The number of ether oxygens (including phenoxy) is 4. The molecule has 0 aliphatic rings. The molecule has 172 valence electrons. The Labute approximate surface area is 201 Å². The highest BCUT2D eigenvalue weighted by atomic mass is 127. The minimum atomic E-state index is -0.704. The number of benzene rings is 2. The Hall–Kier alpha value is -2.40. The SMILES string of the molecule is CCNC(=NCc1cc(OC)c(OC)c(OC)c1)NCC(O)c1cccc(OC)c1.I. The van der Waals surface area contributed by atoms with Crippen LogP contribution in [0.3, 0.4) is 0 Å². The summed E-state index contributed by atoms with van der Waals surface area (Å²) in [5, 5.41) is 16.8.